The van der Waals surface area contributed by atoms with Crippen LogP contribution in [0.4, 0.5) is 0 Å². The van der Waals surface area contributed by atoms with E-state index in [2.05, 4.69) is 10.6 Å². The van der Waals surface area contributed by atoms with Gasteiger partial charge in [-0.05, 0) is 38.8 Å². The molecule has 0 aromatic rings. The van der Waals surface area contributed by atoms with Crippen LogP contribution in [0.3, 0.4) is 0 Å². The number of rotatable bonds is 6. The summed E-state index contributed by atoms with van der Waals surface area (Å²) >= 11 is 1.78. The highest BCUT2D eigenvalue weighted by molar-refractivity contribution is 8.00. The van der Waals surface area contributed by atoms with Crippen LogP contribution in [0.5, 0.6) is 0 Å². The van der Waals surface area contributed by atoms with Crippen molar-refractivity contribution in [1.82, 2.24) is 10.6 Å². The predicted octanol–water partition coefficient (Wildman–Crippen LogP) is 1.14. The molecular weight excluding hydrogens is 260 g/mol. The van der Waals surface area contributed by atoms with E-state index in [0.717, 1.165) is 25.9 Å². The van der Waals surface area contributed by atoms with E-state index in [0.29, 0.717) is 17.5 Å². The zero-order chi connectivity index (χ0) is 13.6. The van der Waals surface area contributed by atoms with Crippen LogP contribution in [0.25, 0.3) is 0 Å². The maximum absolute atomic E-state index is 11.9. The quantitative estimate of drug-likeness (QED) is 0.685. The fourth-order valence-electron chi connectivity index (χ4n) is 3.01. The van der Waals surface area contributed by atoms with Crippen LogP contribution >= 0.6 is 11.8 Å². The van der Waals surface area contributed by atoms with Crippen LogP contribution in [0.15, 0.2) is 0 Å². The molecule has 4 nitrogen and oxygen atoms in total. The smallest absolute Gasteiger partial charge is 0.230 e. The van der Waals surface area contributed by atoms with Crippen molar-refractivity contribution in [1.29, 1.82) is 0 Å². The summed E-state index contributed by atoms with van der Waals surface area (Å²) in [5.74, 6) is 0.690. The lowest BCUT2D eigenvalue weighted by atomic mass is 9.87. The number of amides is 1. The van der Waals surface area contributed by atoms with E-state index < -0.39 is 0 Å². The van der Waals surface area contributed by atoms with Crippen molar-refractivity contribution >= 4 is 17.7 Å². The molecule has 0 bridgehead atoms. The zero-order valence-electron chi connectivity index (χ0n) is 11.6. The minimum absolute atomic E-state index is 0.0327. The molecule has 0 radical (unpaired) electrons. The molecule has 1 aliphatic heterocycles. The number of thioether (sulfide) groups is 1. The fraction of sp³-hybridized carbons (Fsp3) is 0.929. The van der Waals surface area contributed by atoms with Gasteiger partial charge >= 0.3 is 0 Å². The largest absolute Gasteiger partial charge is 0.396 e. The second kappa shape index (κ2) is 7.50. The molecule has 0 spiro atoms. The van der Waals surface area contributed by atoms with Gasteiger partial charge in [-0.3, -0.25) is 4.79 Å². The molecule has 2 rings (SSSR count). The topological polar surface area (TPSA) is 61.4 Å². The van der Waals surface area contributed by atoms with Gasteiger partial charge in [0, 0.05) is 17.2 Å². The summed E-state index contributed by atoms with van der Waals surface area (Å²) in [5.41, 5.74) is -0.0327. The Hall–Kier alpha value is -0.260. The lowest BCUT2D eigenvalue weighted by Gasteiger charge is -2.27. The van der Waals surface area contributed by atoms with E-state index in [9.17, 15) is 9.90 Å². The van der Waals surface area contributed by atoms with Gasteiger partial charge in [0.15, 0.2) is 0 Å². The van der Waals surface area contributed by atoms with Crippen LogP contribution in [-0.4, -0.2) is 48.3 Å². The Morgan fingerprint density at radius 1 is 1.32 bits per heavy atom. The normalized spacial score (nSPS) is 23.4. The third-order valence-corrected chi connectivity index (χ3v) is 5.77. The van der Waals surface area contributed by atoms with Gasteiger partial charge in [-0.25, -0.2) is 0 Å². The Morgan fingerprint density at radius 2 is 2.00 bits per heavy atom. The van der Waals surface area contributed by atoms with Crippen LogP contribution in [0.1, 0.15) is 38.5 Å². The number of piperidine rings is 1. The molecule has 2 fully saturated rings. The third kappa shape index (κ3) is 4.65. The zero-order valence-corrected chi connectivity index (χ0v) is 12.4. The lowest BCUT2D eigenvalue weighted by molar-refractivity contribution is -0.119. The second-order valence-electron chi connectivity index (χ2n) is 5.90. The molecule has 0 aromatic carbocycles. The Bertz CT molecular complexity index is 287. The Labute approximate surface area is 120 Å². The minimum Gasteiger partial charge on any atom is -0.396 e. The van der Waals surface area contributed by atoms with E-state index in [1.165, 1.54) is 25.7 Å². The highest BCUT2D eigenvalue weighted by Gasteiger charge is 2.33. The van der Waals surface area contributed by atoms with Crippen molar-refractivity contribution in [2.75, 3.05) is 32.0 Å². The molecule has 0 unspecified atom stereocenters. The van der Waals surface area contributed by atoms with Gasteiger partial charge in [0.2, 0.25) is 5.91 Å². The summed E-state index contributed by atoms with van der Waals surface area (Å²) < 4.78 is 0. The first-order chi connectivity index (χ1) is 9.24. The number of aliphatic hydroxyl groups excluding tert-OH is 1. The van der Waals surface area contributed by atoms with Crippen LogP contribution in [0.2, 0.25) is 0 Å². The molecule has 1 aliphatic carbocycles. The molecule has 3 N–H and O–H groups in total. The molecule has 1 saturated carbocycles. The highest BCUT2D eigenvalue weighted by Crippen LogP contribution is 2.36. The number of hydrogen-bond acceptors (Lipinski definition) is 4. The van der Waals surface area contributed by atoms with Crippen LogP contribution < -0.4 is 10.6 Å². The molecule has 0 aromatic heterocycles. The van der Waals surface area contributed by atoms with Gasteiger partial charge in [-0.15, -0.1) is 11.8 Å². The number of carbonyl (C=O) groups is 1. The van der Waals surface area contributed by atoms with Gasteiger partial charge in [0.1, 0.15) is 0 Å². The van der Waals surface area contributed by atoms with Gasteiger partial charge in [0.25, 0.3) is 0 Å². The maximum atomic E-state index is 11.9. The van der Waals surface area contributed by atoms with Gasteiger partial charge < -0.3 is 15.7 Å². The summed E-state index contributed by atoms with van der Waals surface area (Å²) in [6, 6.07) is 0. The summed E-state index contributed by atoms with van der Waals surface area (Å²) in [7, 11) is 0. The molecule has 110 valence electrons. The van der Waals surface area contributed by atoms with Crippen molar-refractivity contribution in [2.24, 2.45) is 5.41 Å². The van der Waals surface area contributed by atoms with Gasteiger partial charge in [0.05, 0.1) is 12.4 Å². The Morgan fingerprint density at radius 3 is 2.63 bits per heavy atom. The minimum atomic E-state index is -0.0327. The van der Waals surface area contributed by atoms with Crippen molar-refractivity contribution in [2.45, 2.75) is 43.8 Å². The third-order valence-electron chi connectivity index (χ3n) is 4.40. The Balaban J connectivity index is 1.63. The van der Waals surface area contributed by atoms with Crippen molar-refractivity contribution in [3.05, 3.63) is 0 Å². The van der Waals surface area contributed by atoms with Gasteiger partial charge in [-0.1, -0.05) is 12.8 Å². The van der Waals surface area contributed by atoms with Crippen molar-refractivity contribution in [3.8, 4) is 0 Å². The molecule has 1 heterocycles. The average Bonchev–Trinajstić information content (AvgIpc) is 2.93. The van der Waals surface area contributed by atoms with E-state index in [1.807, 2.05) is 0 Å². The standard InChI is InChI=1S/C14H26N2O2S/c17-11-14(5-1-2-6-14)10-16-13(18)9-19-12-3-7-15-8-4-12/h12,15,17H,1-11H2,(H,16,18). The van der Waals surface area contributed by atoms with Gasteiger partial charge in [-0.2, -0.15) is 0 Å². The first-order valence-electron chi connectivity index (χ1n) is 7.44. The van der Waals surface area contributed by atoms with Crippen LogP contribution in [0, 0.1) is 5.41 Å². The van der Waals surface area contributed by atoms with Crippen molar-refractivity contribution < 1.29 is 9.90 Å². The van der Waals surface area contributed by atoms with Crippen LogP contribution in [-0.2, 0) is 4.79 Å². The molecule has 0 atom stereocenters. The van der Waals surface area contributed by atoms with E-state index in [4.69, 9.17) is 0 Å². The van der Waals surface area contributed by atoms with E-state index >= 15 is 0 Å². The molecule has 1 saturated heterocycles. The number of hydrogen-bond donors (Lipinski definition) is 3. The van der Waals surface area contributed by atoms with E-state index in [1.54, 1.807) is 11.8 Å². The maximum Gasteiger partial charge on any atom is 0.230 e. The highest BCUT2D eigenvalue weighted by atomic mass is 32.2. The number of nitrogens with one attached hydrogen (secondary N) is 2. The number of carbonyl (C=O) groups excluding carboxylic acids is 1. The summed E-state index contributed by atoms with van der Waals surface area (Å²) in [4.78, 5) is 11.9. The predicted molar refractivity (Wildman–Crippen MR) is 79.3 cm³/mol. The molecule has 2 aliphatic rings. The average molecular weight is 286 g/mol. The SMILES string of the molecule is O=C(CSC1CCNCC1)NCC1(CO)CCCC1. The summed E-state index contributed by atoms with van der Waals surface area (Å²) in [6.07, 6.45) is 6.79. The van der Waals surface area contributed by atoms with Crippen molar-refractivity contribution in [3.63, 3.8) is 0 Å². The monoisotopic (exact) mass is 286 g/mol. The second-order valence-corrected chi connectivity index (χ2v) is 7.19. The lowest BCUT2D eigenvalue weighted by Crippen LogP contribution is -2.39. The summed E-state index contributed by atoms with van der Waals surface area (Å²) in [6.45, 7) is 3.00. The Kier molecular flexibility index (Phi) is 5.98. The summed E-state index contributed by atoms with van der Waals surface area (Å²) in [5, 5.41) is 16.5. The molecule has 5 heteroatoms. The molecule has 19 heavy (non-hydrogen) atoms. The number of aliphatic hydroxyl groups is 1. The van der Waals surface area contributed by atoms with E-state index in [-0.39, 0.29) is 17.9 Å². The molecular formula is C14H26N2O2S. The first kappa shape index (κ1) is 15.1. The first-order valence-corrected chi connectivity index (χ1v) is 8.49. The molecule has 1 amide bonds. The fourth-order valence-corrected chi connectivity index (χ4v) is 4.07.